The van der Waals surface area contributed by atoms with Crippen LogP contribution in [-0.2, 0) is 15.4 Å². The van der Waals surface area contributed by atoms with Gasteiger partial charge in [0.05, 0.1) is 4.90 Å². The van der Waals surface area contributed by atoms with Crippen LogP contribution in [0, 0.1) is 17.8 Å². The van der Waals surface area contributed by atoms with Crippen LogP contribution in [0.5, 0.6) is 0 Å². The fraction of sp³-hybridized carbons (Fsp3) is 0.345. The summed E-state index contributed by atoms with van der Waals surface area (Å²) in [6.45, 7) is 0. The fourth-order valence-electron chi connectivity index (χ4n) is 7.10. The number of amides is 1. The van der Waals surface area contributed by atoms with Crippen molar-refractivity contribution in [2.75, 3.05) is 10.0 Å². The summed E-state index contributed by atoms with van der Waals surface area (Å²) in [5, 5.41) is 2.79. The van der Waals surface area contributed by atoms with E-state index in [0.717, 1.165) is 17.8 Å². The number of para-hydroxylation sites is 1. The molecule has 3 aromatic rings. The monoisotopic (exact) mass is 486 g/mol. The van der Waals surface area contributed by atoms with E-state index in [1.54, 1.807) is 24.3 Å². The summed E-state index contributed by atoms with van der Waals surface area (Å²) < 4.78 is 28.9. The molecule has 4 bridgehead atoms. The van der Waals surface area contributed by atoms with Gasteiger partial charge in [0, 0.05) is 16.9 Å². The lowest BCUT2D eigenvalue weighted by molar-refractivity contribution is -0.00518. The minimum Gasteiger partial charge on any atom is -0.322 e. The largest absolute Gasteiger partial charge is 0.322 e. The molecule has 3 aromatic carbocycles. The lowest BCUT2D eigenvalue weighted by atomic mass is 9.48. The Balaban J connectivity index is 1.18. The van der Waals surface area contributed by atoms with Gasteiger partial charge in [-0.05, 0) is 110 Å². The van der Waals surface area contributed by atoms with Gasteiger partial charge in [0.15, 0.2) is 0 Å². The molecule has 7 rings (SSSR count). The van der Waals surface area contributed by atoms with E-state index in [9.17, 15) is 13.2 Å². The second kappa shape index (κ2) is 8.52. The summed E-state index contributed by atoms with van der Waals surface area (Å²) >= 11 is 0. The third-order valence-electron chi connectivity index (χ3n) is 8.23. The van der Waals surface area contributed by atoms with E-state index in [-0.39, 0.29) is 21.8 Å². The summed E-state index contributed by atoms with van der Waals surface area (Å²) in [6, 6.07) is 23.2. The molecular formula is C29H30N2O3S. The molecule has 1 amide bonds. The van der Waals surface area contributed by atoms with Gasteiger partial charge in [0.25, 0.3) is 15.9 Å². The maximum atomic E-state index is 13.1. The maximum Gasteiger partial charge on any atom is 0.261 e. The minimum atomic E-state index is -3.83. The van der Waals surface area contributed by atoms with E-state index in [1.165, 1.54) is 56.2 Å². The van der Waals surface area contributed by atoms with Gasteiger partial charge in [-0.1, -0.05) is 36.4 Å². The molecule has 0 radical (unpaired) electrons. The van der Waals surface area contributed by atoms with Crippen LogP contribution >= 0.6 is 0 Å². The van der Waals surface area contributed by atoms with Crippen molar-refractivity contribution in [2.45, 2.75) is 48.8 Å². The Morgan fingerprint density at radius 3 is 2.00 bits per heavy atom. The Labute approximate surface area is 207 Å². The number of anilines is 2. The van der Waals surface area contributed by atoms with Crippen LogP contribution in [0.25, 0.3) is 0 Å². The number of hydrogen-bond donors (Lipinski definition) is 2. The average Bonchev–Trinajstić information content (AvgIpc) is 2.84. The third-order valence-corrected chi connectivity index (χ3v) is 9.60. The van der Waals surface area contributed by atoms with E-state index in [1.807, 2.05) is 30.3 Å². The molecule has 0 aromatic heterocycles. The molecule has 0 saturated heterocycles. The first-order valence-electron chi connectivity index (χ1n) is 12.5. The predicted octanol–water partition coefficient (Wildman–Crippen LogP) is 6.21. The molecule has 0 spiro atoms. The molecule has 0 atom stereocenters. The van der Waals surface area contributed by atoms with Crippen LogP contribution in [0.2, 0.25) is 0 Å². The summed E-state index contributed by atoms with van der Waals surface area (Å²) in [6.07, 6.45) is 8.05. The number of rotatable bonds is 6. The molecule has 5 nitrogen and oxygen atoms in total. The predicted molar refractivity (Wildman–Crippen MR) is 138 cm³/mol. The van der Waals surface area contributed by atoms with Crippen molar-refractivity contribution in [3.05, 3.63) is 90.0 Å². The van der Waals surface area contributed by atoms with Crippen molar-refractivity contribution >= 4 is 27.3 Å². The number of carbonyl (C=O) groups is 1. The number of carbonyl (C=O) groups excluding carboxylic acids is 1. The molecule has 0 unspecified atom stereocenters. The zero-order valence-electron chi connectivity index (χ0n) is 19.6. The molecule has 2 N–H and O–H groups in total. The number of nitrogens with one attached hydrogen (secondary N) is 2. The van der Waals surface area contributed by atoms with Gasteiger partial charge in [-0.25, -0.2) is 8.42 Å². The van der Waals surface area contributed by atoms with Crippen LogP contribution in [-0.4, -0.2) is 14.3 Å². The highest BCUT2D eigenvalue weighted by Gasteiger charge is 2.51. The smallest absolute Gasteiger partial charge is 0.261 e. The molecule has 0 heterocycles. The number of sulfonamides is 1. The SMILES string of the molecule is O=C(Nc1ccccc1)c1cccc(S(=O)(=O)Nc2ccc(C34CC5CC(CC(C5)C3)C4)cc2)c1. The van der Waals surface area contributed by atoms with Crippen LogP contribution < -0.4 is 10.0 Å². The topological polar surface area (TPSA) is 75.3 Å². The Morgan fingerprint density at radius 1 is 0.743 bits per heavy atom. The van der Waals surface area contributed by atoms with E-state index < -0.39 is 10.0 Å². The van der Waals surface area contributed by atoms with Crippen molar-refractivity contribution < 1.29 is 13.2 Å². The summed E-state index contributed by atoms with van der Waals surface area (Å²) in [5.74, 6) is 2.25. The minimum absolute atomic E-state index is 0.0587. The molecule has 4 aliphatic carbocycles. The van der Waals surface area contributed by atoms with Gasteiger partial charge < -0.3 is 5.32 Å². The van der Waals surface area contributed by atoms with Crippen LogP contribution in [0.3, 0.4) is 0 Å². The standard InChI is InChI=1S/C29H30N2O3S/c32-28(30-25-6-2-1-3-7-25)23-5-4-8-27(16-23)35(33,34)31-26-11-9-24(10-12-26)29-17-20-13-21(18-29)15-22(14-20)19-29/h1-12,16,20-22,31H,13-15,17-19H2,(H,30,32). The maximum absolute atomic E-state index is 13.1. The Bertz CT molecular complexity index is 1310. The highest BCUT2D eigenvalue weighted by molar-refractivity contribution is 7.92. The second-order valence-electron chi connectivity index (χ2n) is 10.7. The van der Waals surface area contributed by atoms with Gasteiger partial charge in [0.1, 0.15) is 0 Å². The van der Waals surface area contributed by atoms with Crippen molar-refractivity contribution in [1.29, 1.82) is 0 Å². The number of benzene rings is 3. The Kier molecular flexibility index (Phi) is 5.44. The van der Waals surface area contributed by atoms with Crippen molar-refractivity contribution in [3.8, 4) is 0 Å². The molecule has 4 saturated carbocycles. The number of hydrogen-bond acceptors (Lipinski definition) is 3. The normalized spacial score (nSPS) is 26.9. The second-order valence-corrected chi connectivity index (χ2v) is 12.4. The average molecular weight is 487 g/mol. The molecule has 180 valence electrons. The third kappa shape index (κ3) is 4.36. The summed E-state index contributed by atoms with van der Waals surface area (Å²) in [5.41, 5.74) is 3.13. The quantitative estimate of drug-likeness (QED) is 0.435. The Morgan fingerprint density at radius 2 is 1.37 bits per heavy atom. The van der Waals surface area contributed by atoms with Crippen LogP contribution in [0.1, 0.15) is 54.4 Å². The highest BCUT2D eigenvalue weighted by atomic mass is 32.2. The van der Waals surface area contributed by atoms with Gasteiger partial charge in [0.2, 0.25) is 0 Å². The van der Waals surface area contributed by atoms with E-state index in [0.29, 0.717) is 11.4 Å². The first-order chi connectivity index (χ1) is 16.9. The zero-order valence-corrected chi connectivity index (χ0v) is 20.4. The van der Waals surface area contributed by atoms with Gasteiger partial charge in [-0.15, -0.1) is 0 Å². The van der Waals surface area contributed by atoms with E-state index >= 15 is 0 Å². The van der Waals surface area contributed by atoms with E-state index in [4.69, 9.17) is 0 Å². The Hall–Kier alpha value is -3.12. The van der Waals surface area contributed by atoms with Crippen molar-refractivity contribution in [3.63, 3.8) is 0 Å². The van der Waals surface area contributed by atoms with Crippen molar-refractivity contribution in [2.24, 2.45) is 17.8 Å². The van der Waals surface area contributed by atoms with Crippen LogP contribution in [0.15, 0.2) is 83.8 Å². The molecule has 4 fully saturated rings. The van der Waals surface area contributed by atoms with Crippen molar-refractivity contribution in [1.82, 2.24) is 0 Å². The van der Waals surface area contributed by atoms with Gasteiger partial charge in [-0.2, -0.15) is 0 Å². The summed E-state index contributed by atoms with van der Waals surface area (Å²) in [7, 11) is -3.83. The molecule has 35 heavy (non-hydrogen) atoms. The lowest BCUT2D eigenvalue weighted by Crippen LogP contribution is -2.48. The fourth-order valence-corrected chi connectivity index (χ4v) is 8.20. The molecule has 0 aliphatic heterocycles. The molecule has 6 heteroatoms. The highest BCUT2D eigenvalue weighted by Crippen LogP contribution is 2.60. The van der Waals surface area contributed by atoms with Crippen LogP contribution in [0.4, 0.5) is 11.4 Å². The molecule has 4 aliphatic rings. The summed E-state index contributed by atoms with van der Waals surface area (Å²) in [4.78, 5) is 12.7. The molecular weight excluding hydrogens is 456 g/mol. The van der Waals surface area contributed by atoms with E-state index in [2.05, 4.69) is 22.2 Å². The zero-order chi connectivity index (χ0) is 24.0. The first kappa shape index (κ1) is 22.4. The first-order valence-corrected chi connectivity index (χ1v) is 14.0. The lowest BCUT2D eigenvalue weighted by Gasteiger charge is -2.57. The van der Waals surface area contributed by atoms with Gasteiger partial charge >= 0.3 is 0 Å². The van der Waals surface area contributed by atoms with Gasteiger partial charge in [-0.3, -0.25) is 9.52 Å².